The lowest BCUT2D eigenvalue weighted by Crippen LogP contribution is -2.40. The lowest BCUT2D eigenvalue weighted by atomic mass is 10.1. The van der Waals surface area contributed by atoms with Gasteiger partial charge in [0.25, 0.3) is 0 Å². The molecule has 2 N–H and O–H groups in total. The maximum absolute atomic E-state index is 11.8. The summed E-state index contributed by atoms with van der Waals surface area (Å²) in [6.45, 7) is 4.34. The Bertz CT molecular complexity index is 733. The van der Waals surface area contributed by atoms with Crippen molar-refractivity contribution in [3.8, 4) is 0 Å². The van der Waals surface area contributed by atoms with Gasteiger partial charge in [-0.3, -0.25) is 4.79 Å². The van der Waals surface area contributed by atoms with E-state index < -0.39 is 0 Å². The Labute approximate surface area is 178 Å². The number of nitrogens with one attached hydrogen (secondary N) is 2. The van der Waals surface area contributed by atoms with Gasteiger partial charge in [-0.1, -0.05) is 36.4 Å². The van der Waals surface area contributed by atoms with Crippen molar-refractivity contribution < 1.29 is 9.53 Å². The van der Waals surface area contributed by atoms with Crippen molar-refractivity contribution in [1.82, 2.24) is 15.5 Å². The third-order valence-corrected chi connectivity index (χ3v) is 5.30. The van der Waals surface area contributed by atoms with Crippen molar-refractivity contribution in [1.29, 1.82) is 0 Å². The predicted octanol–water partition coefficient (Wildman–Crippen LogP) is 3.08. The number of nitrogens with zero attached hydrogens (tertiary/aromatic N) is 2. The van der Waals surface area contributed by atoms with Crippen LogP contribution in [0.25, 0.3) is 0 Å². The number of aliphatic imine (C=N–C) groups is 1. The lowest BCUT2D eigenvalue weighted by molar-refractivity contribution is -0.127. The van der Waals surface area contributed by atoms with Crippen molar-refractivity contribution in [3.63, 3.8) is 0 Å². The lowest BCUT2D eigenvalue weighted by Gasteiger charge is -2.15. The minimum absolute atomic E-state index is 0.0237. The minimum Gasteiger partial charge on any atom is -0.374 e. The average molecular weight is 417 g/mol. The van der Waals surface area contributed by atoms with Gasteiger partial charge in [-0.15, -0.1) is 11.3 Å². The predicted molar refractivity (Wildman–Crippen MR) is 120 cm³/mol. The van der Waals surface area contributed by atoms with Crippen molar-refractivity contribution in [3.05, 3.63) is 58.3 Å². The van der Waals surface area contributed by atoms with Gasteiger partial charge < -0.3 is 20.3 Å². The number of ether oxygens (including phenoxy) is 1. The first-order valence-corrected chi connectivity index (χ1v) is 10.9. The summed E-state index contributed by atoms with van der Waals surface area (Å²) in [6.07, 6.45) is 1.85. The number of amides is 1. The quantitative estimate of drug-likeness (QED) is 0.336. The number of carbonyl (C=O) groups is 1. The first-order valence-electron chi connectivity index (χ1n) is 9.97. The molecular weight excluding hydrogens is 384 g/mol. The number of likely N-dealkylation sites (N-methyl/N-ethyl adjacent to an activating group) is 1. The fraction of sp³-hybridized carbons (Fsp3) is 0.455. The number of guanidine groups is 1. The zero-order valence-electron chi connectivity index (χ0n) is 17.6. The molecule has 0 fully saturated rings. The number of hydrogen-bond donors (Lipinski definition) is 2. The molecule has 29 heavy (non-hydrogen) atoms. The second kappa shape index (κ2) is 13.0. The Balaban J connectivity index is 1.73. The molecule has 0 aliphatic carbocycles. The molecule has 0 radical (unpaired) electrons. The van der Waals surface area contributed by atoms with Gasteiger partial charge in [-0.2, -0.15) is 0 Å². The van der Waals surface area contributed by atoms with Crippen LogP contribution in [0.15, 0.2) is 52.8 Å². The highest BCUT2D eigenvalue weighted by Crippen LogP contribution is 2.15. The van der Waals surface area contributed by atoms with Crippen LogP contribution in [0.1, 0.15) is 29.9 Å². The molecule has 7 heteroatoms. The Morgan fingerprint density at radius 3 is 2.59 bits per heavy atom. The standard InChI is InChI=1S/C22H32N4O2S/c1-18(19-9-5-4-6-10-19)28-15-8-13-23-22(25-17-21(27)26(2)3)24-14-12-20-11-7-16-29-20/h4-7,9-11,16,18H,8,12-15,17H2,1-3H3,(H2,23,24,25). The maximum Gasteiger partial charge on any atom is 0.243 e. The largest absolute Gasteiger partial charge is 0.374 e. The van der Waals surface area contributed by atoms with Crippen molar-refractivity contribution in [2.24, 2.45) is 4.99 Å². The number of benzene rings is 1. The van der Waals surface area contributed by atoms with Crippen LogP contribution in [-0.4, -0.2) is 57.1 Å². The Morgan fingerprint density at radius 1 is 1.14 bits per heavy atom. The summed E-state index contributed by atoms with van der Waals surface area (Å²) >= 11 is 1.74. The molecule has 2 rings (SSSR count). The molecule has 0 bridgehead atoms. The summed E-state index contributed by atoms with van der Waals surface area (Å²) in [5.41, 5.74) is 1.18. The molecular formula is C22H32N4O2S. The third kappa shape index (κ3) is 9.11. The SMILES string of the molecule is CC(OCCCNC(=NCC(=O)N(C)C)NCCc1cccs1)c1ccccc1. The van der Waals surface area contributed by atoms with Crippen LogP contribution in [-0.2, 0) is 16.0 Å². The third-order valence-electron chi connectivity index (χ3n) is 4.37. The molecule has 1 aromatic carbocycles. The zero-order chi connectivity index (χ0) is 20.9. The van der Waals surface area contributed by atoms with Crippen LogP contribution in [0, 0.1) is 0 Å². The van der Waals surface area contributed by atoms with Gasteiger partial charge in [-0.05, 0) is 36.8 Å². The van der Waals surface area contributed by atoms with Gasteiger partial charge in [0.05, 0.1) is 6.10 Å². The van der Waals surface area contributed by atoms with Gasteiger partial charge in [0.2, 0.25) is 5.91 Å². The summed E-state index contributed by atoms with van der Waals surface area (Å²) < 4.78 is 5.91. The number of thiophene rings is 1. The van der Waals surface area contributed by atoms with Crippen LogP contribution in [0.3, 0.4) is 0 Å². The molecule has 6 nitrogen and oxygen atoms in total. The molecule has 1 amide bonds. The number of rotatable bonds is 11. The molecule has 158 valence electrons. The minimum atomic E-state index is -0.0237. The first kappa shape index (κ1) is 22.9. The smallest absolute Gasteiger partial charge is 0.243 e. The van der Waals surface area contributed by atoms with Crippen LogP contribution < -0.4 is 10.6 Å². The van der Waals surface area contributed by atoms with Gasteiger partial charge in [0.1, 0.15) is 6.54 Å². The summed E-state index contributed by atoms with van der Waals surface area (Å²) in [5.74, 6) is 0.636. The molecule has 0 spiro atoms. The average Bonchev–Trinajstić information content (AvgIpc) is 3.24. The zero-order valence-corrected chi connectivity index (χ0v) is 18.4. The summed E-state index contributed by atoms with van der Waals surface area (Å²) in [4.78, 5) is 19.1. The van der Waals surface area contributed by atoms with Crippen LogP contribution in [0.4, 0.5) is 0 Å². The fourth-order valence-electron chi connectivity index (χ4n) is 2.58. The van der Waals surface area contributed by atoms with Crippen LogP contribution in [0.5, 0.6) is 0 Å². The van der Waals surface area contributed by atoms with E-state index in [-0.39, 0.29) is 18.6 Å². The molecule has 0 aliphatic rings. The first-order chi connectivity index (χ1) is 14.1. The Hall–Kier alpha value is -2.38. The van der Waals surface area contributed by atoms with Gasteiger partial charge in [-0.25, -0.2) is 4.99 Å². The van der Waals surface area contributed by atoms with E-state index in [0.717, 1.165) is 25.9 Å². The Morgan fingerprint density at radius 2 is 1.90 bits per heavy atom. The summed E-state index contributed by atoms with van der Waals surface area (Å²) in [6, 6.07) is 14.4. The maximum atomic E-state index is 11.8. The topological polar surface area (TPSA) is 66.0 Å². The second-order valence-corrected chi connectivity index (χ2v) is 7.95. The molecule has 1 heterocycles. The van der Waals surface area contributed by atoms with E-state index in [4.69, 9.17) is 4.74 Å². The van der Waals surface area contributed by atoms with E-state index in [9.17, 15) is 4.79 Å². The molecule has 0 saturated carbocycles. The highest BCUT2D eigenvalue weighted by atomic mass is 32.1. The Kier molecular flexibility index (Phi) is 10.2. The van der Waals surface area contributed by atoms with Gasteiger partial charge in [0, 0.05) is 38.7 Å². The van der Waals surface area contributed by atoms with Crippen molar-refractivity contribution in [2.45, 2.75) is 25.9 Å². The van der Waals surface area contributed by atoms with Gasteiger partial charge >= 0.3 is 0 Å². The monoisotopic (exact) mass is 416 g/mol. The van der Waals surface area contributed by atoms with Gasteiger partial charge in [0.15, 0.2) is 5.96 Å². The molecule has 0 aliphatic heterocycles. The summed E-state index contributed by atoms with van der Waals surface area (Å²) in [5, 5.41) is 8.69. The van der Waals surface area contributed by atoms with Crippen molar-refractivity contribution >= 4 is 23.2 Å². The van der Waals surface area contributed by atoms with E-state index in [2.05, 4.69) is 52.2 Å². The molecule has 1 atom stereocenters. The highest BCUT2D eigenvalue weighted by molar-refractivity contribution is 7.09. The van der Waals surface area contributed by atoms with E-state index in [1.54, 1.807) is 30.3 Å². The molecule has 2 aromatic rings. The van der Waals surface area contributed by atoms with E-state index in [0.29, 0.717) is 12.6 Å². The van der Waals surface area contributed by atoms with E-state index in [1.165, 1.54) is 10.4 Å². The molecule has 0 saturated heterocycles. The molecule has 1 unspecified atom stereocenters. The second-order valence-electron chi connectivity index (χ2n) is 6.91. The number of carbonyl (C=O) groups excluding carboxylic acids is 1. The molecule has 1 aromatic heterocycles. The van der Waals surface area contributed by atoms with Crippen molar-refractivity contribution in [2.75, 3.05) is 40.3 Å². The van der Waals surface area contributed by atoms with E-state index >= 15 is 0 Å². The number of hydrogen-bond acceptors (Lipinski definition) is 4. The normalized spacial score (nSPS) is 12.4. The van der Waals surface area contributed by atoms with Crippen LogP contribution in [0.2, 0.25) is 0 Å². The summed E-state index contributed by atoms with van der Waals surface area (Å²) in [7, 11) is 3.47. The van der Waals surface area contributed by atoms with E-state index in [1.807, 2.05) is 18.2 Å². The highest BCUT2D eigenvalue weighted by Gasteiger charge is 2.06. The van der Waals surface area contributed by atoms with Crippen LogP contribution >= 0.6 is 11.3 Å². The fourth-order valence-corrected chi connectivity index (χ4v) is 3.29.